The number of hydrogen-bond acceptors (Lipinski definition) is 3. The lowest BCUT2D eigenvalue weighted by atomic mass is 10.2. The van der Waals surface area contributed by atoms with Crippen molar-refractivity contribution in [3.8, 4) is 0 Å². The van der Waals surface area contributed by atoms with E-state index in [1.807, 2.05) is 0 Å². The molecule has 0 bridgehead atoms. The summed E-state index contributed by atoms with van der Waals surface area (Å²) in [5, 5.41) is 8.41. The number of benzene rings is 1. The molecule has 0 spiro atoms. The Labute approximate surface area is 127 Å². The molecule has 2 rings (SSSR count). The van der Waals surface area contributed by atoms with Crippen molar-refractivity contribution in [2.24, 2.45) is 0 Å². The van der Waals surface area contributed by atoms with Crippen LogP contribution in [0.15, 0.2) is 35.3 Å². The minimum atomic E-state index is -0.179. The molecular formula is C14H15Cl2N3O. The molecule has 1 heterocycles. The fourth-order valence-corrected chi connectivity index (χ4v) is 2.12. The number of anilines is 1. The molecule has 1 N–H and O–H groups in total. The number of rotatable bonds is 5. The molecule has 1 aromatic carbocycles. The summed E-state index contributed by atoms with van der Waals surface area (Å²) in [4.78, 5) is 12.0. The van der Waals surface area contributed by atoms with Gasteiger partial charge in [-0.1, -0.05) is 30.1 Å². The zero-order valence-corrected chi connectivity index (χ0v) is 12.6. The molecule has 0 atom stereocenters. The molecule has 106 valence electrons. The molecule has 1 aromatic heterocycles. The fraction of sp³-hybridized carbons (Fsp3) is 0.286. The Hall–Kier alpha value is -1.52. The average Bonchev–Trinajstić information content (AvgIpc) is 2.43. The number of hydrogen-bond donors (Lipinski definition) is 1. The van der Waals surface area contributed by atoms with Gasteiger partial charge in [0.05, 0.1) is 18.4 Å². The Balaban J connectivity index is 2.21. The molecule has 0 unspecified atom stereocenters. The van der Waals surface area contributed by atoms with Crippen LogP contribution in [0.1, 0.15) is 18.9 Å². The topological polar surface area (TPSA) is 46.9 Å². The van der Waals surface area contributed by atoms with Crippen molar-refractivity contribution in [2.45, 2.75) is 19.9 Å². The van der Waals surface area contributed by atoms with E-state index in [0.717, 1.165) is 24.2 Å². The molecular weight excluding hydrogens is 297 g/mol. The third-order valence-electron chi connectivity index (χ3n) is 2.78. The first-order chi connectivity index (χ1) is 9.60. The van der Waals surface area contributed by atoms with Gasteiger partial charge in [-0.25, -0.2) is 4.68 Å². The summed E-state index contributed by atoms with van der Waals surface area (Å²) in [7, 11) is 0. The monoisotopic (exact) mass is 311 g/mol. The third-order valence-corrected chi connectivity index (χ3v) is 3.38. The number of halogens is 2. The smallest absolute Gasteiger partial charge is 0.269 e. The molecule has 2 aromatic rings. The number of nitrogens with zero attached hydrogens (tertiary/aromatic N) is 2. The van der Waals surface area contributed by atoms with Crippen LogP contribution in [0.25, 0.3) is 0 Å². The molecule has 0 fully saturated rings. The van der Waals surface area contributed by atoms with Gasteiger partial charge in [0, 0.05) is 22.7 Å². The molecule has 6 heteroatoms. The van der Waals surface area contributed by atoms with Gasteiger partial charge in [0.25, 0.3) is 5.56 Å². The van der Waals surface area contributed by atoms with Crippen LogP contribution in [-0.2, 0) is 6.54 Å². The maximum absolute atomic E-state index is 12.0. The second-order valence-electron chi connectivity index (χ2n) is 4.40. The highest BCUT2D eigenvalue weighted by molar-refractivity contribution is 6.33. The van der Waals surface area contributed by atoms with Gasteiger partial charge >= 0.3 is 0 Å². The van der Waals surface area contributed by atoms with Gasteiger partial charge in [0.2, 0.25) is 0 Å². The minimum Gasteiger partial charge on any atom is -0.384 e. The number of aromatic nitrogens is 2. The first-order valence-electron chi connectivity index (χ1n) is 6.35. The van der Waals surface area contributed by atoms with Crippen molar-refractivity contribution in [3.05, 3.63) is 56.4 Å². The van der Waals surface area contributed by atoms with Crippen LogP contribution in [0.4, 0.5) is 5.69 Å². The van der Waals surface area contributed by atoms with Crippen LogP contribution >= 0.6 is 23.2 Å². The summed E-state index contributed by atoms with van der Waals surface area (Å²) in [6.07, 6.45) is 2.62. The third kappa shape index (κ3) is 3.74. The van der Waals surface area contributed by atoms with Gasteiger partial charge in [-0.15, -0.1) is 0 Å². The Morgan fingerprint density at radius 3 is 2.80 bits per heavy atom. The fourth-order valence-electron chi connectivity index (χ4n) is 1.74. The molecule has 0 saturated carbocycles. The zero-order chi connectivity index (χ0) is 14.5. The molecule has 20 heavy (non-hydrogen) atoms. The predicted molar refractivity (Wildman–Crippen MR) is 82.8 cm³/mol. The SMILES string of the molecule is CCCNc1cnn(Cc2cc(Cl)ccc2Cl)c(=O)c1. The molecule has 0 aliphatic carbocycles. The zero-order valence-electron chi connectivity index (χ0n) is 11.1. The van der Waals surface area contributed by atoms with E-state index in [-0.39, 0.29) is 5.56 Å². The van der Waals surface area contributed by atoms with Crippen molar-refractivity contribution in [1.82, 2.24) is 9.78 Å². The van der Waals surface area contributed by atoms with E-state index in [4.69, 9.17) is 23.2 Å². The largest absolute Gasteiger partial charge is 0.384 e. The van der Waals surface area contributed by atoms with Crippen LogP contribution in [-0.4, -0.2) is 16.3 Å². The Kier molecular flexibility index (Phi) is 5.04. The van der Waals surface area contributed by atoms with Gasteiger partial charge in [0.15, 0.2) is 0 Å². The second-order valence-corrected chi connectivity index (χ2v) is 5.25. The van der Waals surface area contributed by atoms with E-state index in [2.05, 4.69) is 17.3 Å². The van der Waals surface area contributed by atoms with Crippen LogP contribution in [0.5, 0.6) is 0 Å². The summed E-state index contributed by atoms with van der Waals surface area (Å²) in [6, 6.07) is 6.69. The van der Waals surface area contributed by atoms with Crippen LogP contribution in [0.3, 0.4) is 0 Å². The van der Waals surface area contributed by atoms with Crippen LogP contribution < -0.4 is 10.9 Å². The quantitative estimate of drug-likeness (QED) is 0.920. The molecule has 4 nitrogen and oxygen atoms in total. The van der Waals surface area contributed by atoms with E-state index >= 15 is 0 Å². The van der Waals surface area contributed by atoms with Gasteiger partial charge in [-0.3, -0.25) is 4.79 Å². The first-order valence-corrected chi connectivity index (χ1v) is 7.10. The van der Waals surface area contributed by atoms with E-state index in [1.54, 1.807) is 24.4 Å². The van der Waals surface area contributed by atoms with Crippen LogP contribution in [0, 0.1) is 0 Å². The van der Waals surface area contributed by atoms with E-state index < -0.39 is 0 Å². The lowest BCUT2D eigenvalue weighted by Crippen LogP contribution is -2.23. The Morgan fingerprint density at radius 2 is 2.10 bits per heavy atom. The van der Waals surface area contributed by atoms with E-state index in [0.29, 0.717) is 16.6 Å². The predicted octanol–water partition coefficient (Wildman–Crippen LogP) is 3.42. The average molecular weight is 312 g/mol. The summed E-state index contributed by atoms with van der Waals surface area (Å²) in [5.41, 5.74) is 1.32. The molecule has 0 aliphatic rings. The summed E-state index contributed by atoms with van der Waals surface area (Å²) >= 11 is 12.0. The Morgan fingerprint density at radius 1 is 1.30 bits per heavy atom. The van der Waals surface area contributed by atoms with Crippen LogP contribution in [0.2, 0.25) is 10.0 Å². The maximum Gasteiger partial charge on any atom is 0.269 e. The van der Waals surface area contributed by atoms with E-state index in [1.165, 1.54) is 10.7 Å². The maximum atomic E-state index is 12.0. The summed E-state index contributed by atoms with van der Waals surface area (Å²) in [5.74, 6) is 0. The van der Waals surface area contributed by atoms with Crippen molar-refractivity contribution >= 4 is 28.9 Å². The van der Waals surface area contributed by atoms with Gasteiger partial charge < -0.3 is 5.32 Å². The highest BCUT2D eigenvalue weighted by Gasteiger charge is 2.05. The molecule has 0 saturated heterocycles. The highest BCUT2D eigenvalue weighted by Crippen LogP contribution is 2.20. The molecule has 0 amide bonds. The van der Waals surface area contributed by atoms with Gasteiger partial charge in [-0.2, -0.15) is 5.10 Å². The first kappa shape index (κ1) is 14.9. The summed E-state index contributed by atoms with van der Waals surface area (Å²) in [6.45, 7) is 3.17. The molecule has 0 aliphatic heterocycles. The Bertz CT molecular complexity index is 655. The van der Waals surface area contributed by atoms with Crippen molar-refractivity contribution in [2.75, 3.05) is 11.9 Å². The highest BCUT2D eigenvalue weighted by atomic mass is 35.5. The van der Waals surface area contributed by atoms with Crippen molar-refractivity contribution < 1.29 is 0 Å². The lowest BCUT2D eigenvalue weighted by molar-refractivity contribution is 0.639. The van der Waals surface area contributed by atoms with Gasteiger partial charge in [-0.05, 0) is 30.2 Å². The number of nitrogens with one attached hydrogen (secondary N) is 1. The second kappa shape index (κ2) is 6.77. The standard InChI is InChI=1S/C14H15Cl2N3O/c1-2-5-17-12-7-14(20)19(18-8-12)9-10-6-11(15)3-4-13(10)16/h3-4,6-8,17H,2,5,9H2,1H3. The molecule has 0 radical (unpaired) electrons. The normalized spacial score (nSPS) is 10.6. The minimum absolute atomic E-state index is 0.179. The lowest BCUT2D eigenvalue weighted by Gasteiger charge is -2.09. The van der Waals surface area contributed by atoms with Crippen molar-refractivity contribution in [3.63, 3.8) is 0 Å². The van der Waals surface area contributed by atoms with Gasteiger partial charge in [0.1, 0.15) is 0 Å². The van der Waals surface area contributed by atoms with Crippen molar-refractivity contribution in [1.29, 1.82) is 0 Å². The summed E-state index contributed by atoms with van der Waals surface area (Å²) < 4.78 is 1.36. The van der Waals surface area contributed by atoms with E-state index in [9.17, 15) is 4.79 Å².